The van der Waals surface area contributed by atoms with Crippen molar-refractivity contribution in [3.63, 3.8) is 0 Å². The minimum Gasteiger partial charge on any atom is -0.322 e. The van der Waals surface area contributed by atoms with Crippen LogP contribution in [0.15, 0.2) is 16.8 Å². The van der Waals surface area contributed by atoms with E-state index in [9.17, 15) is 4.79 Å². The van der Waals surface area contributed by atoms with E-state index in [-0.39, 0.29) is 12.2 Å². The average molecular weight is 294 g/mol. The normalized spacial score (nSPS) is 22.7. The van der Waals surface area contributed by atoms with E-state index in [4.69, 9.17) is 0 Å². The quantitative estimate of drug-likeness (QED) is 0.737. The van der Waals surface area contributed by atoms with Gasteiger partial charge in [0.05, 0.1) is 6.04 Å². The molecule has 3 nitrogen and oxygen atoms in total. The maximum atomic E-state index is 12.5. The third-order valence-electron chi connectivity index (χ3n) is 3.94. The maximum Gasteiger partial charge on any atom is 0.241 e. The van der Waals surface area contributed by atoms with Gasteiger partial charge in [0, 0.05) is 6.54 Å². The lowest BCUT2D eigenvalue weighted by atomic mass is 10.1. The van der Waals surface area contributed by atoms with Gasteiger partial charge in [-0.1, -0.05) is 39.5 Å². The maximum absolute atomic E-state index is 12.5. The zero-order valence-electron chi connectivity index (χ0n) is 12.6. The van der Waals surface area contributed by atoms with Crippen LogP contribution in [0.1, 0.15) is 64.1 Å². The molecule has 1 aliphatic heterocycles. The van der Waals surface area contributed by atoms with Gasteiger partial charge in [-0.3, -0.25) is 10.1 Å². The number of unbranched alkanes of at least 4 members (excludes halogenated alkanes) is 3. The van der Waals surface area contributed by atoms with E-state index in [0.717, 1.165) is 25.8 Å². The Morgan fingerprint density at radius 3 is 2.75 bits per heavy atom. The second-order valence-electron chi connectivity index (χ2n) is 5.56. The number of nitrogens with one attached hydrogen (secondary N) is 1. The molecule has 0 spiro atoms. The second kappa shape index (κ2) is 7.79. The summed E-state index contributed by atoms with van der Waals surface area (Å²) in [4.78, 5) is 14.6. The van der Waals surface area contributed by atoms with Crippen LogP contribution in [0.25, 0.3) is 0 Å². The molecule has 0 saturated carbocycles. The lowest BCUT2D eigenvalue weighted by molar-refractivity contribution is -0.130. The number of carbonyl (C=O) groups is 1. The lowest BCUT2D eigenvalue weighted by Crippen LogP contribution is -2.31. The van der Waals surface area contributed by atoms with Crippen LogP contribution in [-0.4, -0.2) is 23.4 Å². The molecule has 1 aliphatic rings. The number of thiophene rings is 1. The Hall–Kier alpha value is -0.870. The highest BCUT2D eigenvalue weighted by molar-refractivity contribution is 7.07. The molecule has 1 amide bonds. The molecule has 1 N–H and O–H groups in total. The SMILES string of the molecule is CCCCCCN1C(=O)C(CCC)NC1c1ccsc1. The summed E-state index contributed by atoms with van der Waals surface area (Å²) in [5, 5.41) is 7.76. The van der Waals surface area contributed by atoms with Crippen molar-refractivity contribution in [2.24, 2.45) is 0 Å². The van der Waals surface area contributed by atoms with E-state index in [2.05, 4.69) is 40.9 Å². The fraction of sp³-hybridized carbons (Fsp3) is 0.688. The predicted octanol–water partition coefficient (Wildman–Crippen LogP) is 3.93. The molecule has 0 aromatic carbocycles. The summed E-state index contributed by atoms with van der Waals surface area (Å²) >= 11 is 1.70. The van der Waals surface area contributed by atoms with Crippen molar-refractivity contribution < 1.29 is 4.79 Å². The number of hydrogen-bond acceptors (Lipinski definition) is 3. The van der Waals surface area contributed by atoms with E-state index < -0.39 is 0 Å². The van der Waals surface area contributed by atoms with Crippen molar-refractivity contribution in [3.8, 4) is 0 Å². The fourth-order valence-corrected chi connectivity index (χ4v) is 3.51. The van der Waals surface area contributed by atoms with Gasteiger partial charge >= 0.3 is 0 Å². The molecular weight excluding hydrogens is 268 g/mol. The molecule has 0 bridgehead atoms. The summed E-state index contributed by atoms with van der Waals surface area (Å²) in [6, 6.07) is 2.14. The number of amides is 1. The van der Waals surface area contributed by atoms with Gasteiger partial charge in [0.1, 0.15) is 6.17 Å². The van der Waals surface area contributed by atoms with Crippen molar-refractivity contribution in [2.45, 2.75) is 64.6 Å². The Morgan fingerprint density at radius 2 is 2.10 bits per heavy atom. The van der Waals surface area contributed by atoms with E-state index in [1.165, 1.54) is 24.8 Å². The van der Waals surface area contributed by atoms with Gasteiger partial charge in [0.2, 0.25) is 5.91 Å². The molecule has 2 unspecified atom stereocenters. The minimum absolute atomic E-state index is 0.0103. The van der Waals surface area contributed by atoms with Crippen molar-refractivity contribution in [3.05, 3.63) is 22.4 Å². The van der Waals surface area contributed by atoms with Crippen molar-refractivity contribution in [2.75, 3.05) is 6.54 Å². The van der Waals surface area contributed by atoms with Gasteiger partial charge in [-0.05, 0) is 35.2 Å². The average Bonchev–Trinajstić information content (AvgIpc) is 3.06. The van der Waals surface area contributed by atoms with Gasteiger partial charge in [0.15, 0.2) is 0 Å². The molecule has 20 heavy (non-hydrogen) atoms. The number of nitrogens with zero attached hydrogens (tertiary/aromatic N) is 1. The molecule has 4 heteroatoms. The van der Waals surface area contributed by atoms with Crippen molar-refractivity contribution in [1.82, 2.24) is 10.2 Å². The summed E-state index contributed by atoms with van der Waals surface area (Å²) < 4.78 is 0. The minimum atomic E-state index is 0.0103. The second-order valence-corrected chi connectivity index (χ2v) is 6.34. The van der Waals surface area contributed by atoms with Crippen LogP contribution in [-0.2, 0) is 4.79 Å². The van der Waals surface area contributed by atoms with Crippen LogP contribution in [0.3, 0.4) is 0 Å². The first-order valence-electron chi connectivity index (χ1n) is 7.86. The molecule has 0 aliphatic carbocycles. The van der Waals surface area contributed by atoms with Crippen LogP contribution < -0.4 is 5.32 Å². The van der Waals surface area contributed by atoms with Gasteiger partial charge in [-0.15, -0.1) is 0 Å². The summed E-state index contributed by atoms with van der Waals surface area (Å²) in [6.07, 6.45) is 6.90. The highest BCUT2D eigenvalue weighted by Crippen LogP contribution is 2.28. The molecule has 112 valence electrons. The molecule has 1 fully saturated rings. The summed E-state index contributed by atoms with van der Waals surface area (Å²) in [6.45, 7) is 5.24. The van der Waals surface area contributed by atoms with Gasteiger partial charge in [-0.25, -0.2) is 0 Å². The Balaban J connectivity index is 2.01. The van der Waals surface area contributed by atoms with Crippen LogP contribution in [0, 0.1) is 0 Å². The van der Waals surface area contributed by atoms with Crippen molar-refractivity contribution >= 4 is 17.2 Å². The third kappa shape index (κ3) is 3.61. The molecule has 0 radical (unpaired) electrons. The zero-order valence-corrected chi connectivity index (χ0v) is 13.4. The first kappa shape index (κ1) is 15.5. The number of rotatable bonds is 8. The molecular formula is C16H26N2OS. The highest BCUT2D eigenvalue weighted by atomic mass is 32.1. The summed E-state index contributed by atoms with van der Waals surface area (Å²) in [5.41, 5.74) is 1.23. The molecule has 2 heterocycles. The first-order valence-corrected chi connectivity index (χ1v) is 8.80. The molecule has 1 aromatic rings. The predicted molar refractivity (Wildman–Crippen MR) is 84.7 cm³/mol. The van der Waals surface area contributed by atoms with Gasteiger partial charge < -0.3 is 4.90 Å². The molecule has 1 aromatic heterocycles. The Morgan fingerprint density at radius 1 is 1.25 bits per heavy atom. The molecule has 2 rings (SSSR count). The molecule has 2 atom stereocenters. The summed E-state index contributed by atoms with van der Waals surface area (Å²) in [7, 11) is 0. The van der Waals surface area contributed by atoms with Crippen LogP contribution in [0.5, 0.6) is 0 Å². The fourth-order valence-electron chi connectivity index (χ4n) is 2.83. The standard InChI is InChI=1S/C16H26N2OS/c1-3-5-6-7-10-18-15(13-9-11-20-12-13)17-14(8-4-2)16(18)19/h9,11-12,14-15,17H,3-8,10H2,1-2H3. The third-order valence-corrected chi connectivity index (χ3v) is 4.64. The number of hydrogen-bond donors (Lipinski definition) is 1. The monoisotopic (exact) mass is 294 g/mol. The van der Waals surface area contributed by atoms with Gasteiger partial charge in [0.25, 0.3) is 0 Å². The van der Waals surface area contributed by atoms with Crippen molar-refractivity contribution in [1.29, 1.82) is 0 Å². The first-order chi connectivity index (χ1) is 9.77. The van der Waals surface area contributed by atoms with Crippen LogP contribution in [0.4, 0.5) is 0 Å². The Kier molecular flexibility index (Phi) is 6.05. The number of carbonyl (C=O) groups excluding carboxylic acids is 1. The van der Waals surface area contributed by atoms with Gasteiger partial charge in [-0.2, -0.15) is 11.3 Å². The lowest BCUT2D eigenvalue weighted by Gasteiger charge is -2.23. The van der Waals surface area contributed by atoms with E-state index in [1.54, 1.807) is 11.3 Å². The highest BCUT2D eigenvalue weighted by Gasteiger charge is 2.38. The topological polar surface area (TPSA) is 32.3 Å². The van der Waals surface area contributed by atoms with E-state index in [1.807, 2.05) is 0 Å². The van der Waals surface area contributed by atoms with E-state index >= 15 is 0 Å². The zero-order chi connectivity index (χ0) is 14.4. The largest absolute Gasteiger partial charge is 0.322 e. The van der Waals surface area contributed by atoms with Crippen LogP contribution >= 0.6 is 11.3 Å². The Bertz CT molecular complexity index is 405. The Labute approximate surface area is 126 Å². The summed E-state index contributed by atoms with van der Waals surface area (Å²) in [5.74, 6) is 0.291. The molecule has 1 saturated heterocycles. The van der Waals surface area contributed by atoms with E-state index in [0.29, 0.717) is 5.91 Å². The van der Waals surface area contributed by atoms with Crippen LogP contribution in [0.2, 0.25) is 0 Å². The smallest absolute Gasteiger partial charge is 0.241 e.